The fourth-order valence-electron chi connectivity index (χ4n) is 6.47. The van der Waals surface area contributed by atoms with Crippen LogP contribution in [0.4, 0.5) is 11.4 Å². The van der Waals surface area contributed by atoms with E-state index in [4.69, 9.17) is 4.42 Å². The molecule has 9 rings (SSSR count). The first-order valence-electron chi connectivity index (χ1n) is 25.2. The van der Waals surface area contributed by atoms with Gasteiger partial charge in [0.2, 0.25) is 0 Å². The predicted molar refractivity (Wildman–Crippen MR) is 320 cm³/mol. The Morgan fingerprint density at radius 3 is 1.11 bits per heavy atom. The zero-order valence-corrected chi connectivity index (χ0v) is 45.5. The van der Waals surface area contributed by atoms with Crippen LogP contribution in [0.5, 0.6) is 0 Å². The summed E-state index contributed by atoms with van der Waals surface area (Å²) in [5.41, 5.74) is 16.0. The van der Waals surface area contributed by atoms with E-state index in [2.05, 4.69) is 103 Å². The second-order valence-corrected chi connectivity index (χ2v) is 17.6. The fraction of sp³-hybridized carbons (Fsp3) is 0.145. The number of carbonyl (C=O) groups excluding carboxylic acids is 2. The van der Waals surface area contributed by atoms with Crippen molar-refractivity contribution >= 4 is 58.4 Å². The molecule has 0 aliphatic heterocycles. The molecule has 0 radical (unpaired) electrons. The van der Waals surface area contributed by atoms with Gasteiger partial charge < -0.3 is 9.15 Å². The number of nitrogens with zero attached hydrogens (tertiary/aromatic N) is 2. The molecule has 0 atom stereocenters. The number of benzene rings is 8. The Hall–Kier alpha value is -9.07. The summed E-state index contributed by atoms with van der Waals surface area (Å²) in [5, 5.41) is 9.30. The summed E-state index contributed by atoms with van der Waals surface area (Å²) >= 11 is 0. The van der Waals surface area contributed by atoms with Crippen LogP contribution in [0.2, 0.25) is 0 Å². The van der Waals surface area contributed by atoms with Crippen LogP contribution in [0.25, 0.3) is 35.3 Å². The number of hydrogen-bond acceptors (Lipinski definition) is 7. The fourth-order valence-corrected chi connectivity index (χ4v) is 6.47. The molecule has 0 spiro atoms. The topological polar surface area (TPSA) is 98.3 Å². The molecule has 0 bridgehead atoms. The minimum absolute atomic E-state index is 0.0376. The molecule has 0 unspecified atom stereocenters. The number of rotatable bonds is 9. The monoisotopic (exact) mass is 1010 g/mol. The van der Waals surface area contributed by atoms with Crippen LogP contribution in [0.1, 0.15) is 85.4 Å². The highest BCUT2D eigenvalue weighted by Crippen LogP contribution is 2.19. The van der Waals surface area contributed by atoms with Crippen LogP contribution < -0.4 is 5.63 Å². The van der Waals surface area contributed by atoms with Crippen LogP contribution in [-0.4, -0.2) is 18.9 Å². The van der Waals surface area contributed by atoms with Crippen LogP contribution in [0, 0.1) is 48.5 Å². The van der Waals surface area contributed by atoms with Crippen LogP contribution in [0.3, 0.4) is 0 Å². The van der Waals surface area contributed by atoms with Crippen molar-refractivity contribution < 1.29 is 18.7 Å². The number of esters is 1. The molecule has 0 amide bonds. The van der Waals surface area contributed by atoms with Crippen LogP contribution >= 0.6 is 0 Å². The van der Waals surface area contributed by atoms with E-state index in [1.165, 1.54) is 63.8 Å². The van der Waals surface area contributed by atoms with Gasteiger partial charge in [0.15, 0.2) is 5.78 Å². The van der Waals surface area contributed by atoms with Gasteiger partial charge in [-0.2, -0.15) is 10.2 Å². The maximum atomic E-state index is 11.9. The number of methoxy groups -OCH3 is 1. The third-order valence-electron chi connectivity index (χ3n) is 11.0. The first-order valence-corrected chi connectivity index (χ1v) is 25.2. The molecule has 1 aromatic heterocycles. The van der Waals surface area contributed by atoms with Crippen molar-refractivity contribution in [3.63, 3.8) is 0 Å². The number of aryl methyl sites for hydroxylation is 7. The van der Waals surface area contributed by atoms with Gasteiger partial charge in [-0.15, -0.1) is 0 Å². The van der Waals surface area contributed by atoms with E-state index in [1.54, 1.807) is 24.3 Å². The van der Waals surface area contributed by atoms with E-state index in [0.717, 1.165) is 39.0 Å². The van der Waals surface area contributed by atoms with E-state index < -0.39 is 0 Å². The van der Waals surface area contributed by atoms with E-state index in [1.807, 2.05) is 180 Å². The summed E-state index contributed by atoms with van der Waals surface area (Å²) in [6.07, 6.45) is 10.9. The third-order valence-corrected chi connectivity index (χ3v) is 11.0. The van der Waals surface area contributed by atoms with Crippen molar-refractivity contribution in [1.29, 1.82) is 0 Å². The number of azo groups is 1. The number of hydrogen-bond donors (Lipinski definition) is 0. The molecule has 386 valence electrons. The number of ether oxygens (including phenoxy) is 1. The lowest BCUT2D eigenvalue weighted by Crippen LogP contribution is -1.93. The van der Waals surface area contributed by atoms with E-state index >= 15 is 0 Å². The lowest BCUT2D eigenvalue weighted by molar-refractivity contribution is -0.134. The summed E-state index contributed by atoms with van der Waals surface area (Å²) in [5.74, 6) is -0.295. The molecule has 1 heterocycles. The molecule has 0 fully saturated rings. The summed E-state index contributed by atoms with van der Waals surface area (Å²) in [6, 6.07) is 67.3. The van der Waals surface area contributed by atoms with Crippen molar-refractivity contribution in [3.8, 4) is 0 Å². The molecule has 7 heteroatoms. The van der Waals surface area contributed by atoms with E-state index in [9.17, 15) is 14.4 Å². The molecular weight excluding hydrogens is 937 g/mol. The molecular formula is C69H70N2O5. The van der Waals surface area contributed by atoms with Crippen molar-refractivity contribution in [2.75, 3.05) is 7.11 Å². The molecule has 7 nitrogen and oxygen atoms in total. The number of ketones is 1. The molecule has 0 saturated heterocycles. The van der Waals surface area contributed by atoms with Gasteiger partial charge in [-0.25, -0.2) is 9.59 Å². The maximum absolute atomic E-state index is 11.9. The Morgan fingerprint density at radius 1 is 0.395 bits per heavy atom. The van der Waals surface area contributed by atoms with Gasteiger partial charge in [0.05, 0.1) is 18.5 Å². The van der Waals surface area contributed by atoms with Crippen LogP contribution in [0.15, 0.2) is 238 Å². The zero-order chi connectivity index (χ0) is 55.1. The largest absolute Gasteiger partial charge is 0.466 e. The number of allylic oxidation sites excluding steroid dienone is 1. The van der Waals surface area contributed by atoms with Gasteiger partial charge in [-0.05, 0) is 119 Å². The average Bonchev–Trinajstić information content (AvgIpc) is 3.44. The Bertz CT molecular complexity index is 3120. The molecule has 0 saturated carbocycles. The number of fused-ring (bicyclic) bond motifs is 1. The average molecular weight is 1010 g/mol. The third kappa shape index (κ3) is 23.2. The van der Waals surface area contributed by atoms with Gasteiger partial charge in [-0.1, -0.05) is 235 Å². The SMILES string of the molecule is CC.COC(=O)/C=C/c1ccc(C)cc1.Cc1ccc(/C=C/C(=O)c2ccc(C)cc2)cc1.Cc1ccc(/C=C/c2ccc(C)cc2)cc1.Cc1ccc(N=Nc2ccc(C)cc2)cc1.O=c1ccc2ccccc2o1. The molecule has 0 aliphatic rings. The van der Waals surface area contributed by atoms with Gasteiger partial charge in [0.1, 0.15) is 5.58 Å². The van der Waals surface area contributed by atoms with Gasteiger partial charge in [-0.3, -0.25) is 4.79 Å². The highest BCUT2D eigenvalue weighted by Gasteiger charge is 2.01. The Kier molecular flexibility index (Phi) is 25.7. The van der Waals surface area contributed by atoms with Crippen LogP contribution in [-0.2, 0) is 9.53 Å². The summed E-state index contributed by atoms with van der Waals surface area (Å²) in [6.45, 7) is 18.4. The first-order chi connectivity index (χ1) is 36.7. The summed E-state index contributed by atoms with van der Waals surface area (Å²) < 4.78 is 9.38. The Morgan fingerprint density at radius 2 is 0.724 bits per heavy atom. The summed E-state index contributed by atoms with van der Waals surface area (Å²) in [4.78, 5) is 33.4. The standard InChI is InChI=1S/C17H16O.C16H16.C14H14N2.C11H12O2.C9H6O2.C2H6/c1-13-3-7-15(8-4-13)9-12-17(18)16-10-5-14(2)6-11-16;1-13-3-7-15(8-4-13)11-12-16-9-5-14(2)6-10-16;1-11-3-7-13(8-4-11)15-16-14-9-5-12(2)6-10-14;1-9-3-5-10(6-4-9)7-8-11(12)13-2;10-9-6-5-7-3-1-2-4-8(7)11-9;1-2/h3-12H,1-2H3;3-12H,1-2H3;3-10H,1-2H3;3-8H,1-2H3;1-6H;1-2H3/b12-9+;12-11+;;8-7+;;. The number of para-hydroxylation sites is 1. The van der Waals surface area contributed by atoms with Crippen molar-refractivity contribution in [2.45, 2.75) is 62.3 Å². The van der Waals surface area contributed by atoms with E-state index in [-0.39, 0.29) is 17.4 Å². The molecule has 0 N–H and O–H groups in total. The smallest absolute Gasteiger partial charge is 0.336 e. The minimum Gasteiger partial charge on any atom is -0.466 e. The second-order valence-electron chi connectivity index (χ2n) is 17.6. The minimum atomic E-state index is -0.333. The van der Waals surface area contributed by atoms with Gasteiger partial charge >= 0.3 is 11.6 Å². The molecule has 76 heavy (non-hydrogen) atoms. The molecule has 8 aromatic carbocycles. The van der Waals surface area contributed by atoms with Crippen molar-refractivity contribution in [2.24, 2.45) is 10.2 Å². The van der Waals surface area contributed by atoms with Gasteiger partial charge in [0, 0.05) is 23.1 Å². The van der Waals surface area contributed by atoms with Crippen molar-refractivity contribution in [1.82, 2.24) is 0 Å². The second kappa shape index (κ2) is 32.9. The highest BCUT2D eigenvalue weighted by atomic mass is 16.5. The van der Waals surface area contributed by atoms with Gasteiger partial charge in [0.25, 0.3) is 0 Å². The Labute approximate surface area is 450 Å². The first kappa shape index (κ1) is 59.5. The van der Waals surface area contributed by atoms with E-state index in [0.29, 0.717) is 5.58 Å². The lowest BCUT2D eigenvalue weighted by Gasteiger charge is -1.97. The predicted octanol–water partition coefficient (Wildman–Crippen LogP) is 18.4. The normalized spacial score (nSPS) is 10.4. The van der Waals surface area contributed by atoms with Crippen molar-refractivity contribution in [3.05, 3.63) is 296 Å². The quantitative estimate of drug-likeness (QED) is 0.0358. The molecule has 0 aliphatic carbocycles. The molecule has 9 aromatic rings. The maximum Gasteiger partial charge on any atom is 0.336 e. The summed E-state index contributed by atoms with van der Waals surface area (Å²) in [7, 11) is 1.36. The zero-order valence-electron chi connectivity index (χ0n) is 45.5. The highest BCUT2D eigenvalue weighted by molar-refractivity contribution is 6.06. The lowest BCUT2D eigenvalue weighted by atomic mass is 10.1. The Balaban J connectivity index is 0.000000205. The number of carbonyl (C=O) groups is 2.